The number of halogens is 2. The van der Waals surface area contributed by atoms with Crippen LogP contribution in [0.15, 0.2) is 60.7 Å². The summed E-state index contributed by atoms with van der Waals surface area (Å²) in [5, 5.41) is 4.86. The lowest BCUT2D eigenvalue weighted by atomic mass is 9.74. The summed E-state index contributed by atoms with van der Waals surface area (Å²) in [5.41, 5.74) is 6.62. The Balaban J connectivity index is 1.89. The summed E-state index contributed by atoms with van der Waals surface area (Å²) in [6.45, 7) is 4.40. The molecule has 1 aliphatic rings. The minimum atomic E-state index is -0.188. The molecule has 0 bridgehead atoms. The van der Waals surface area contributed by atoms with Crippen molar-refractivity contribution in [2.24, 2.45) is 0 Å². The van der Waals surface area contributed by atoms with Crippen molar-refractivity contribution in [2.45, 2.75) is 19.3 Å². The molecule has 0 unspecified atom stereocenters. The molecular formula is C21H17Cl2N. The second-order valence-electron chi connectivity index (χ2n) is 6.69. The predicted molar refractivity (Wildman–Crippen MR) is 104 cm³/mol. The van der Waals surface area contributed by atoms with E-state index in [2.05, 4.69) is 61.6 Å². The van der Waals surface area contributed by atoms with Crippen molar-refractivity contribution in [3.63, 3.8) is 0 Å². The van der Waals surface area contributed by atoms with Gasteiger partial charge in [0.1, 0.15) is 0 Å². The first-order valence-corrected chi connectivity index (χ1v) is 8.69. The number of benzene rings is 3. The van der Waals surface area contributed by atoms with Crippen molar-refractivity contribution in [1.29, 1.82) is 0 Å². The fraction of sp³-hybridized carbons (Fsp3) is 0.143. The van der Waals surface area contributed by atoms with Gasteiger partial charge < -0.3 is 5.32 Å². The molecule has 4 rings (SSSR count). The van der Waals surface area contributed by atoms with Crippen molar-refractivity contribution >= 4 is 34.6 Å². The van der Waals surface area contributed by atoms with E-state index in [1.165, 1.54) is 16.7 Å². The maximum Gasteiger partial charge on any atom is 0.0482 e. The van der Waals surface area contributed by atoms with Crippen LogP contribution in [0, 0.1) is 0 Å². The average molecular weight is 354 g/mol. The van der Waals surface area contributed by atoms with Crippen molar-refractivity contribution in [3.8, 4) is 11.1 Å². The maximum atomic E-state index is 6.50. The molecule has 1 N–H and O–H groups in total. The summed E-state index contributed by atoms with van der Waals surface area (Å²) >= 11 is 12.7. The minimum Gasteiger partial charge on any atom is -0.355 e. The van der Waals surface area contributed by atoms with E-state index in [4.69, 9.17) is 23.2 Å². The van der Waals surface area contributed by atoms with E-state index in [0.717, 1.165) is 16.9 Å². The van der Waals surface area contributed by atoms with Gasteiger partial charge in [0, 0.05) is 32.4 Å². The molecule has 120 valence electrons. The molecule has 24 heavy (non-hydrogen) atoms. The van der Waals surface area contributed by atoms with Gasteiger partial charge in [0.15, 0.2) is 0 Å². The highest BCUT2D eigenvalue weighted by Crippen LogP contribution is 2.49. The van der Waals surface area contributed by atoms with Crippen LogP contribution in [-0.4, -0.2) is 0 Å². The Hall–Kier alpha value is -1.96. The summed E-state index contributed by atoms with van der Waals surface area (Å²) in [6, 6.07) is 20.7. The van der Waals surface area contributed by atoms with Gasteiger partial charge in [-0.2, -0.15) is 0 Å². The van der Waals surface area contributed by atoms with E-state index in [-0.39, 0.29) is 5.41 Å². The Morgan fingerprint density at radius 1 is 0.792 bits per heavy atom. The first-order valence-electron chi connectivity index (χ1n) is 7.93. The normalized spacial score (nSPS) is 14.5. The Labute approximate surface area is 152 Å². The molecule has 3 aromatic carbocycles. The van der Waals surface area contributed by atoms with E-state index in [0.29, 0.717) is 10.0 Å². The summed E-state index contributed by atoms with van der Waals surface area (Å²) in [7, 11) is 0. The monoisotopic (exact) mass is 353 g/mol. The van der Waals surface area contributed by atoms with Gasteiger partial charge in [-0.25, -0.2) is 0 Å². The fourth-order valence-corrected chi connectivity index (χ4v) is 4.32. The van der Waals surface area contributed by atoms with E-state index in [1.54, 1.807) is 0 Å². The zero-order valence-corrected chi connectivity index (χ0v) is 15.0. The summed E-state index contributed by atoms with van der Waals surface area (Å²) < 4.78 is 0. The van der Waals surface area contributed by atoms with E-state index in [1.807, 2.05) is 18.2 Å². The van der Waals surface area contributed by atoms with Crippen molar-refractivity contribution in [2.75, 3.05) is 5.32 Å². The zero-order chi connectivity index (χ0) is 16.9. The first-order chi connectivity index (χ1) is 11.5. The predicted octanol–water partition coefficient (Wildman–Crippen LogP) is 7.04. The molecule has 0 radical (unpaired) electrons. The van der Waals surface area contributed by atoms with Crippen molar-refractivity contribution in [3.05, 3.63) is 81.8 Å². The van der Waals surface area contributed by atoms with Gasteiger partial charge in [-0.1, -0.05) is 79.5 Å². The number of rotatable bonds is 1. The smallest absolute Gasteiger partial charge is 0.0482 e. The molecule has 1 aliphatic heterocycles. The lowest BCUT2D eigenvalue weighted by molar-refractivity contribution is 0.638. The van der Waals surface area contributed by atoms with Gasteiger partial charge in [0.05, 0.1) is 0 Å². The van der Waals surface area contributed by atoms with E-state index >= 15 is 0 Å². The third kappa shape index (κ3) is 2.40. The van der Waals surface area contributed by atoms with Gasteiger partial charge in [-0.05, 0) is 34.9 Å². The molecule has 0 aliphatic carbocycles. The maximum absolute atomic E-state index is 6.50. The van der Waals surface area contributed by atoms with Crippen LogP contribution >= 0.6 is 23.2 Å². The Bertz CT molecular complexity index is 930. The van der Waals surface area contributed by atoms with E-state index in [9.17, 15) is 0 Å². The largest absolute Gasteiger partial charge is 0.355 e. The topological polar surface area (TPSA) is 12.0 Å². The summed E-state index contributed by atoms with van der Waals surface area (Å²) in [4.78, 5) is 0. The fourth-order valence-electron chi connectivity index (χ4n) is 3.59. The van der Waals surface area contributed by atoms with Gasteiger partial charge in [-0.15, -0.1) is 0 Å². The molecule has 0 atom stereocenters. The number of fused-ring (bicyclic) bond motifs is 2. The molecule has 0 saturated heterocycles. The highest BCUT2D eigenvalue weighted by atomic mass is 35.5. The number of nitrogens with one attached hydrogen (secondary N) is 1. The quantitative estimate of drug-likeness (QED) is 0.494. The van der Waals surface area contributed by atoms with Gasteiger partial charge in [0.2, 0.25) is 0 Å². The molecule has 1 nitrogen and oxygen atoms in total. The minimum absolute atomic E-state index is 0.188. The Kier molecular flexibility index (Phi) is 3.59. The highest BCUT2D eigenvalue weighted by Gasteiger charge is 2.34. The SMILES string of the molecule is CC1(C)c2ccc(-c3ccccc3)cc2Nc2cc(Cl)cc(Cl)c21. The molecular weight excluding hydrogens is 337 g/mol. The number of hydrogen-bond acceptors (Lipinski definition) is 1. The molecule has 3 heteroatoms. The molecule has 0 fully saturated rings. The zero-order valence-electron chi connectivity index (χ0n) is 13.5. The van der Waals surface area contributed by atoms with Crippen LogP contribution in [0.5, 0.6) is 0 Å². The van der Waals surface area contributed by atoms with Crippen LogP contribution in [0.25, 0.3) is 11.1 Å². The lowest BCUT2D eigenvalue weighted by Gasteiger charge is -2.36. The van der Waals surface area contributed by atoms with Gasteiger partial charge >= 0.3 is 0 Å². The van der Waals surface area contributed by atoms with Crippen LogP contribution in [-0.2, 0) is 5.41 Å². The van der Waals surface area contributed by atoms with Crippen LogP contribution < -0.4 is 5.32 Å². The van der Waals surface area contributed by atoms with E-state index < -0.39 is 0 Å². The molecule has 0 spiro atoms. The molecule has 1 heterocycles. The number of anilines is 2. The highest BCUT2D eigenvalue weighted by molar-refractivity contribution is 6.36. The van der Waals surface area contributed by atoms with Crippen LogP contribution in [0.4, 0.5) is 11.4 Å². The van der Waals surface area contributed by atoms with Crippen LogP contribution in [0.2, 0.25) is 10.0 Å². The molecule has 0 saturated carbocycles. The standard InChI is InChI=1S/C21H17Cl2N/c1-21(2)16-9-8-14(13-6-4-3-5-7-13)10-18(16)24-19-12-15(22)11-17(23)20(19)21/h3-12,24H,1-2H3. The van der Waals surface area contributed by atoms with Gasteiger partial charge in [-0.3, -0.25) is 0 Å². The molecule has 0 aromatic heterocycles. The van der Waals surface area contributed by atoms with Crippen LogP contribution in [0.1, 0.15) is 25.0 Å². The van der Waals surface area contributed by atoms with Crippen molar-refractivity contribution in [1.82, 2.24) is 0 Å². The lowest BCUT2D eigenvalue weighted by Crippen LogP contribution is -2.26. The average Bonchev–Trinajstić information content (AvgIpc) is 2.54. The third-order valence-corrected chi connectivity index (χ3v) is 5.27. The molecule has 3 aromatic rings. The Morgan fingerprint density at radius 2 is 1.54 bits per heavy atom. The summed E-state index contributed by atoms with van der Waals surface area (Å²) in [6.07, 6.45) is 0. The van der Waals surface area contributed by atoms with Crippen LogP contribution in [0.3, 0.4) is 0 Å². The first kappa shape index (κ1) is 15.6. The van der Waals surface area contributed by atoms with Crippen molar-refractivity contribution < 1.29 is 0 Å². The summed E-state index contributed by atoms with van der Waals surface area (Å²) in [5.74, 6) is 0. The number of hydrogen-bond donors (Lipinski definition) is 1. The van der Waals surface area contributed by atoms with Gasteiger partial charge in [0.25, 0.3) is 0 Å². The second kappa shape index (κ2) is 5.54. The second-order valence-corrected chi connectivity index (χ2v) is 7.53. The molecule has 0 amide bonds. The Morgan fingerprint density at radius 3 is 2.29 bits per heavy atom. The third-order valence-electron chi connectivity index (χ3n) is 4.75.